The summed E-state index contributed by atoms with van der Waals surface area (Å²) in [6.07, 6.45) is 2.58. The molecule has 0 unspecified atom stereocenters. The van der Waals surface area contributed by atoms with E-state index in [1.165, 1.54) is 12.1 Å². The number of ether oxygens (including phenoxy) is 2. The van der Waals surface area contributed by atoms with Gasteiger partial charge in [0.25, 0.3) is 0 Å². The molecule has 0 aromatic heterocycles. The molecule has 0 fully saturated rings. The second-order valence-corrected chi connectivity index (χ2v) is 8.12. The Morgan fingerprint density at radius 3 is 2.26 bits per heavy atom. The van der Waals surface area contributed by atoms with Crippen LogP contribution in [0.4, 0.5) is 4.39 Å². The summed E-state index contributed by atoms with van der Waals surface area (Å²) in [4.78, 5) is 27.5. The van der Waals surface area contributed by atoms with E-state index in [-0.39, 0.29) is 30.6 Å². The van der Waals surface area contributed by atoms with E-state index >= 15 is 0 Å². The van der Waals surface area contributed by atoms with Crippen molar-refractivity contribution in [1.82, 2.24) is 10.2 Å². The summed E-state index contributed by atoms with van der Waals surface area (Å²) < 4.78 is 24.6. The highest BCUT2D eigenvalue weighted by Crippen LogP contribution is 2.29. The van der Waals surface area contributed by atoms with Crippen molar-refractivity contribution < 1.29 is 23.5 Å². The summed E-state index contributed by atoms with van der Waals surface area (Å²) >= 11 is 0. The first-order chi connectivity index (χ1) is 16.4. The fourth-order valence-electron chi connectivity index (χ4n) is 3.55. The predicted molar refractivity (Wildman–Crippen MR) is 131 cm³/mol. The first-order valence-corrected chi connectivity index (χ1v) is 12.1. The quantitative estimate of drug-likeness (QED) is 0.398. The maximum absolute atomic E-state index is 13.4. The van der Waals surface area contributed by atoms with Crippen LogP contribution in [0.15, 0.2) is 42.5 Å². The summed E-state index contributed by atoms with van der Waals surface area (Å²) in [7, 11) is 0. The van der Waals surface area contributed by atoms with E-state index in [2.05, 4.69) is 12.2 Å². The molecule has 6 nitrogen and oxygen atoms in total. The van der Waals surface area contributed by atoms with E-state index < -0.39 is 6.04 Å². The number of benzene rings is 2. The topological polar surface area (TPSA) is 67.9 Å². The molecule has 0 aliphatic carbocycles. The van der Waals surface area contributed by atoms with Crippen LogP contribution in [0.2, 0.25) is 0 Å². The molecule has 0 aliphatic heterocycles. The average Bonchev–Trinajstić information content (AvgIpc) is 2.83. The Hall–Kier alpha value is -3.09. The summed E-state index contributed by atoms with van der Waals surface area (Å²) in [5.74, 6) is 0.654. The number of rotatable bonds is 14. The standard InChI is InChI=1S/C27H37FN2O4/c1-5-8-17-29-27(32)20(4)30(19-22-9-13-23(28)14-10-22)26(31)16-12-21-11-15-24(33-6-2)25(18-21)34-7-3/h9-11,13-15,18,20H,5-8,12,16-17,19H2,1-4H3,(H,29,32)/t20-/m1/s1. The van der Waals surface area contributed by atoms with Crippen LogP contribution in [0.3, 0.4) is 0 Å². The van der Waals surface area contributed by atoms with Gasteiger partial charge in [-0.15, -0.1) is 0 Å². The van der Waals surface area contributed by atoms with E-state index in [0.29, 0.717) is 37.7 Å². The van der Waals surface area contributed by atoms with E-state index in [1.54, 1.807) is 24.0 Å². The van der Waals surface area contributed by atoms with Crippen molar-refractivity contribution >= 4 is 11.8 Å². The minimum Gasteiger partial charge on any atom is -0.490 e. The lowest BCUT2D eigenvalue weighted by Gasteiger charge is -2.29. The third-order valence-corrected chi connectivity index (χ3v) is 5.50. The zero-order chi connectivity index (χ0) is 24.9. The lowest BCUT2D eigenvalue weighted by atomic mass is 10.1. The van der Waals surface area contributed by atoms with Gasteiger partial charge in [0.1, 0.15) is 11.9 Å². The minimum atomic E-state index is -0.645. The molecule has 0 heterocycles. The highest BCUT2D eigenvalue weighted by molar-refractivity contribution is 5.87. The Morgan fingerprint density at radius 1 is 0.971 bits per heavy atom. The normalized spacial score (nSPS) is 11.6. The summed E-state index contributed by atoms with van der Waals surface area (Å²) in [5.41, 5.74) is 1.71. The Labute approximate surface area is 202 Å². The van der Waals surface area contributed by atoms with Crippen LogP contribution in [-0.4, -0.2) is 42.5 Å². The fraction of sp³-hybridized carbons (Fsp3) is 0.481. The Kier molecular flexibility index (Phi) is 11.4. The van der Waals surface area contributed by atoms with Crippen molar-refractivity contribution in [1.29, 1.82) is 0 Å². The molecular weight excluding hydrogens is 435 g/mol. The van der Waals surface area contributed by atoms with E-state index in [9.17, 15) is 14.0 Å². The number of nitrogens with one attached hydrogen (secondary N) is 1. The van der Waals surface area contributed by atoms with Gasteiger partial charge >= 0.3 is 0 Å². The van der Waals surface area contributed by atoms with Crippen molar-refractivity contribution in [2.45, 2.75) is 66.0 Å². The van der Waals surface area contributed by atoms with Gasteiger partial charge in [-0.05, 0) is 69.0 Å². The molecule has 0 saturated heterocycles. The zero-order valence-electron chi connectivity index (χ0n) is 20.7. The molecule has 1 N–H and O–H groups in total. The highest BCUT2D eigenvalue weighted by atomic mass is 19.1. The number of hydrogen-bond donors (Lipinski definition) is 1. The molecule has 2 amide bonds. The number of carbonyl (C=O) groups excluding carboxylic acids is 2. The molecule has 2 aromatic carbocycles. The number of halogens is 1. The van der Waals surface area contributed by atoms with Crippen LogP contribution < -0.4 is 14.8 Å². The second-order valence-electron chi connectivity index (χ2n) is 8.12. The first-order valence-electron chi connectivity index (χ1n) is 12.1. The smallest absolute Gasteiger partial charge is 0.242 e. The van der Waals surface area contributed by atoms with Gasteiger partial charge in [-0.3, -0.25) is 9.59 Å². The second kappa shape index (κ2) is 14.2. The van der Waals surface area contributed by atoms with Crippen LogP contribution in [0.5, 0.6) is 11.5 Å². The van der Waals surface area contributed by atoms with Crippen LogP contribution in [0.25, 0.3) is 0 Å². The molecule has 0 aliphatic rings. The summed E-state index contributed by atoms with van der Waals surface area (Å²) in [6.45, 7) is 9.46. The summed E-state index contributed by atoms with van der Waals surface area (Å²) in [6, 6.07) is 11.0. The van der Waals surface area contributed by atoms with Crippen molar-refractivity contribution in [3.8, 4) is 11.5 Å². The van der Waals surface area contributed by atoms with Gasteiger partial charge in [0, 0.05) is 19.5 Å². The van der Waals surface area contributed by atoms with Gasteiger partial charge in [-0.1, -0.05) is 31.5 Å². The van der Waals surface area contributed by atoms with Crippen LogP contribution in [-0.2, 0) is 22.6 Å². The van der Waals surface area contributed by atoms with Crippen LogP contribution in [0.1, 0.15) is 58.1 Å². The molecule has 186 valence electrons. The number of carbonyl (C=O) groups is 2. The van der Waals surface area contributed by atoms with Crippen molar-refractivity contribution in [3.63, 3.8) is 0 Å². The van der Waals surface area contributed by atoms with Crippen LogP contribution >= 0.6 is 0 Å². The minimum absolute atomic E-state index is 0.144. The number of aryl methyl sites for hydroxylation is 1. The highest BCUT2D eigenvalue weighted by Gasteiger charge is 2.26. The van der Waals surface area contributed by atoms with Gasteiger partial charge in [0.2, 0.25) is 11.8 Å². The molecule has 0 saturated carbocycles. The molecule has 0 spiro atoms. The van der Waals surface area contributed by atoms with E-state index in [0.717, 1.165) is 24.0 Å². The zero-order valence-corrected chi connectivity index (χ0v) is 20.7. The van der Waals surface area contributed by atoms with Gasteiger partial charge < -0.3 is 19.7 Å². The summed E-state index contributed by atoms with van der Waals surface area (Å²) in [5, 5.41) is 2.90. The molecular formula is C27H37FN2O4. The molecule has 0 radical (unpaired) electrons. The van der Waals surface area contributed by atoms with Gasteiger partial charge in [0.15, 0.2) is 11.5 Å². The maximum atomic E-state index is 13.4. The van der Waals surface area contributed by atoms with Crippen molar-refractivity contribution in [2.75, 3.05) is 19.8 Å². The molecule has 7 heteroatoms. The number of unbranched alkanes of at least 4 members (excludes halogenated alkanes) is 1. The van der Waals surface area contributed by atoms with Gasteiger partial charge in [-0.2, -0.15) is 0 Å². The Bertz CT molecular complexity index is 917. The van der Waals surface area contributed by atoms with Crippen molar-refractivity contribution in [3.05, 3.63) is 59.4 Å². The van der Waals surface area contributed by atoms with Crippen molar-refractivity contribution in [2.24, 2.45) is 0 Å². The Morgan fingerprint density at radius 2 is 1.62 bits per heavy atom. The fourth-order valence-corrected chi connectivity index (χ4v) is 3.55. The average molecular weight is 473 g/mol. The van der Waals surface area contributed by atoms with Crippen LogP contribution in [0, 0.1) is 5.82 Å². The largest absolute Gasteiger partial charge is 0.490 e. The third kappa shape index (κ3) is 8.36. The molecule has 0 bridgehead atoms. The number of nitrogens with zero attached hydrogens (tertiary/aromatic N) is 1. The maximum Gasteiger partial charge on any atom is 0.242 e. The van der Waals surface area contributed by atoms with E-state index in [1.807, 2.05) is 32.0 Å². The molecule has 1 atom stereocenters. The molecule has 2 rings (SSSR count). The third-order valence-electron chi connectivity index (χ3n) is 5.50. The first kappa shape index (κ1) is 27.2. The lowest BCUT2D eigenvalue weighted by molar-refractivity contribution is -0.140. The number of hydrogen-bond acceptors (Lipinski definition) is 4. The van der Waals surface area contributed by atoms with Gasteiger partial charge in [-0.25, -0.2) is 4.39 Å². The lowest BCUT2D eigenvalue weighted by Crippen LogP contribution is -2.47. The van der Waals surface area contributed by atoms with Gasteiger partial charge in [0.05, 0.1) is 13.2 Å². The monoisotopic (exact) mass is 472 g/mol. The Balaban J connectivity index is 2.14. The van der Waals surface area contributed by atoms with E-state index in [4.69, 9.17) is 9.47 Å². The molecule has 34 heavy (non-hydrogen) atoms. The molecule has 2 aromatic rings. The predicted octanol–water partition coefficient (Wildman–Crippen LogP) is 4.89. The number of amides is 2. The SMILES string of the molecule is CCCCNC(=O)[C@@H](C)N(Cc1ccc(F)cc1)C(=O)CCc1ccc(OCC)c(OCC)c1.